The third-order valence-corrected chi connectivity index (χ3v) is 6.33. The molecule has 1 amide bonds. The van der Waals surface area contributed by atoms with Gasteiger partial charge in [-0.25, -0.2) is 13.2 Å². The predicted molar refractivity (Wildman–Crippen MR) is 112 cm³/mol. The van der Waals surface area contributed by atoms with Crippen molar-refractivity contribution in [1.29, 1.82) is 0 Å². The number of aryl methyl sites for hydroxylation is 3. The quantitative estimate of drug-likeness (QED) is 0.691. The molecular formula is C22H27NO5S. The van der Waals surface area contributed by atoms with Gasteiger partial charge >= 0.3 is 5.63 Å². The number of nitrogens with zero attached hydrogens (tertiary/aromatic N) is 1. The highest BCUT2D eigenvalue weighted by molar-refractivity contribution is 7.90. The zero-order valence-electron chi connectivity index (χ0n) is 16.9. The van der Waals surface area contributed by atoms with Gasteiger partial charge in [0.15, 0.2) is 0 Å². The predicted octanol–water partition coefficient (Wildman–Crippen LogP) is 2.63. The maximum atomic E-state index is 12.8. The van der Waals surface area contributed by atoms with Crippen molar-refractivity contribution >= 4 is 15.7 Å². The Labute approximate surface area is 171 Å². The van der Waals surface area contributed by atoms with Crippen molar-refractivity contribution in [3.8, 4) is 0 Å². The van der Waals surface area contributed by atoms with Crippen molar-refractivity contribution in [3.63, 3.8) is 0 Å². The first-order valence-corrected chi connectivity index (χ1v) is 11.9. The van der Waals surface area contributed by atoms with E-state index in [0.29, 0.717) is 37.3 Å². The van der Waals surface area contributed by atoms with E-state index in [1.807, 2.05) is 18.2 Å². The number of likely N-dealkylation sites (tertiary alicyclic amines) is 1. The van der Waals surface area contributed by atoms with E-state index in [-0.39, 0.29) is 23.1 Å². The summed E-state index contributed by atoms with van der Waals surface area (Å²) in [5, 5.41) is 0. The van der Waals surface area contributed by atoms with E-state index >= 15 is 0 Å². The largest absolute Gasteiger partial charge is 0.427 e. The molecule has 1 aromatic carbocycles. The first kappa shape index (κ1) is 21.3. The molecule has 3 rings (SSSR count). The molecule has 1 aliphatic rings. The van der Waals surface area contributed by atoms with Crippen LogP contribution in [-0.4, -0.2) is 44.3 Å². The van der Waals surface area contributed by atoms with Gasteiger partial charge in [0, 0.05) is 25.8 Å². The molecule has 1 fully saturated rings. The molecule has 1 aliphatic heterocycles. The zero-order valence-corrected chi connectivity index (χ0v) is 17.7. The molecule has 1 aromatic heterocycles. The second-order valence-electron chi connectivity index (χ2n) is 7.90. The molecule has 29 heavy (non-hydrogen) atoms. The van der Waals surface area contributed by atoms with Crippen molar-refractivity contribution in [1.82, 2.24) is 4.90 Å². The van der Waals surface area contributed by atoms with Crippen molar-refractivity contribution < 1.29 is 17.6 Å². The van der Waals surface area contributed by atoms with Crippen LogP contribution in [0.4, 0.5) is 0 Å². The SMILES string of the molecule is Cc1cc(CCCc2ccccc2)oc(=O)c1C(=O)N1CCC(CS(C)(=O)=O)C1. The standard InChI is InChI=1S/C22H27NO5S/c1-16-13-19(10-6-9-17-7-4-3-5-8-17)28-22(25)20(16)21(24)23-12-11-18(14-23)15-29(2,26)27/h3-5,7-8,13,18H,6,9-12,14-15H2,1-2H3. The summed E-state index contributed by atoms with van der Waals surface area (Å²) >= 11 is 0. The van der Waals surface area contributed by atoms with E-state index in [0.717, 1.165) is 12.8 Å². The Morgan fingerprint density at radius 1 is 1.21 bits per heavy atom. The van der Waals surface area contributed by atoms with Crippen molar-refractivity contribution in [2.24, 2.45) is 5.92 Å². The normalized spacial score (nSPS) is 16.9. The van der Waals surface area contributed by atoms with Crippen LogP contribution >= 0.6 is 0 Å². The van der Waals surface area contributed by atoms with Gasteiger partial charge < -0.3 is 9.32 Å². The van der Waals surface area contributed by atoms with Crippen molar-refractivity contribution in [2.45, 2.75) is 32.6 Å². The maximum absolute atomic E-state index is 12.8. The van der Waals surface area contributed by atoms with E-state index in [1.165, 1.54) is 11.8 Å². The number of carbonyl (C=O) groups is 1. The highest BCUT2D eigenvalue weighted by Crippen LogP contribution is 2.21. The fourth-order valence-electron chi connectivity index (χ4n) is 3.90. The molecule has 156 valence electrons. The lowest BCUT2D eigenvalue weighted by atomic mass is 10.1. The summed E-state index contributed by atoms with van der Waals surface area (Å²) in [5.41, 5.74) is 1.27. The molecule has 6 nitrogen and oxygen atoms in total. The lowest BCUT2D eigenvalue weighted by Crippen LogP contribution is -2.33. The number of benzene rings is 1. The Balaban J connectivity index is 1.64. The Morgan fingerprint density at radius 2 is 1.93 bits per heavy atom. The van der Waals surface area contributed by atoms with Crippen LogP contribution in [-0.2, 0) is 22.7 Å². The third-order valence-electron chi connectivity index (χ3n) is 5.26. The van der Waals surface area contributed by atoms with Gasteiger partial charge in [0.25, 0.3) is 5.91 Å². The molecule has 0 spiro atoms. The lowest BCUT2D eigenvalue weighted by molar-refractivity contribution is 0.0782. The number of hydrogen-bond acceptors (Lipinski definition) is 5. The van der Waals surface area contributed by atoms with Gasteiger partial charge in [-0.2, -0.15) is 0 Å². The third kappa shape index (κ3) is 5.79. The fraction of sp³-hybridized carbons (Fsp3) is 0.455. The average Bonchev–Trinajstić information content (AvgIpc) is 3.08. The van der Waals surface area contributed by atoms with Gasteiger partial charge in [-0.3, -0.25) is 4.79 Å². The topological polar surface area (TPSA) is 84.7 Å². The summed E-state index contributed by atoms with van der Waals surface area (Å²) in [6, 6.07) is 11.9. The number of sulfone groups is 1. The summed E-state index contributed by atoms with van der Waals surface area (Å²) in [6.45, 7) is 2.55. The minimum Gasteiger partial charge on any atom is -0.427 e. The van der Waals surface area contributed by atoms with Crippen LogP contribution in [0.5, 0.6) is 0 Å². The first-order chi connectivity index (χ1) is 13.7. The van der Waals surface area contributed by atoms with E-state index < -0.39 is 15.5 Å². The minimum atomic E-state index is -3.09. The Hall–Kier alpha value is -2.41. The van der Waals surface area contributed by atoms with Crippen LogP contribution < -0.4 is 5.63 Å². The van der Waals surface area contributed by atoms with Crippen LogP contribution in [0.15, 0.2) is 45.6 Å². The van der Waals surface area contributed by atoms with Crippen LogP contribution in [0.1, 0.15) is 40.1 Å². The van der Waals surface area contributed by atoms with E-state index in [1.54, 1.807) is 17.9 Å². The summed E-state index contributed by atoms with van der Waals surface area (Å²) < 4.78 is 28.4. The number of carbonyl (C=O) groups excluding carboxylic acids is 1. The van der Waals surface area contributed by atoms with Gasteiger partial charge in [0.05, 0.1) is 5.75 Å². The molecule has 0 aliphatic carbocycles. The molecule has 2 heterocycles. The molecule has 2 aromatic rings. The second-order valence-corrected chi connectivity index (χ2v) is 10.1. The van der Waals surface area contributed by atoms with Crippen LogP contribution in [0.25, 0.3) is 0 Å². The molecule has 0 N–H and O–H groups in total. The van der Waals surface area contributed by atoms with Gasteiger partial charge in [0.1, 0.15) is 21.2 Å². The van der Waals surface area contributed by atoms with Gasteiger partial charge in [0.2, 0.25) is 0 Å². The van der Waals surface area contributed by atoms with Crippen molar-refractivity contribution in [2.75, 3.05) is 25.1 Å². The zero-order chi connectivity index (χ0) is 21.0. The smallest absolute Gasteiger partial charge is 0.349 e. The number of amides is 1. The highest BCUT2D eigenvalue weighted by Gasteiger charge is 2.31. The molecule has 7 heteroatoms. The first-order valence-electron chi connectivity index (χ1n) is 9.87. The Kier molecular flexibility index (Phi) is 6.57. The molecular weight excluding hydrogens is 390 g/mol. The monoisotopic (exact) mass is 417 g/mol. The fourth-order valence-corrected chi connectivity index (χ4v) is 5.03. The van der Waals surface area contributed by atoms with Crippen LogP contribution in [0, 0.1) is 12.8 Å². The molecule has 0 radical (unpaired) electrons. The second kappa shape index (κ2) is 8.95. The van der Waals surface area contributed by atoms with Crippen LogP contribution in [0.3, 0.4) is 0 Å². The summed E-state index contributed by atoms with van der Waals surface area (Å²) in [5.74, 6) is 0.183. The Morgan fingerprint density at radius 3 is 2.59 bits per heavy atom. The summed E-state index contributed by atoms with van der Waals surface area (Å²) in [6.07, 6.45) is 4.19. The van der Waals surface area contributed by atoms with E-state index in [9.17, 15) is 18.0 Å². The van der Waals surface area contributed by atoms with Crippen molar-refractivity contribution in [3.05, 3.63) is 69.3 Å². The van der Waals surface area contributed by atoms with Gasteiger partial charge in [-0.1, -0.05) is 30.3 Å². The molecule has 0 saturated carbocycles. The van der Waals surface area contributed by atoms with E-state index in [4.69, 9.17) is 4.42 Å². The summed E-state index contributed by atoms with van der Waals surface area (Å²) in [4.78, 5) is 26.9. The molecule has 1 saturated heterocycles. The maximum Gasteiger partial charge on any atom is 0.349 e. The Bertz CT molecular complexity index is 1030. The highest BCUT2D eigenvalue weighted by atomic mass is 32.2. The van der Waals surface area contributed by atoms with Gasteiger partial charge in [-0.15, -0.1) is 0 Å². The molecule has 1 unspecified atom stereocenters. The molecule has 1 atom stereocenters. The number of rotatable bonds is 7. The lowest BCUT2D eigenvalue weighted by Gasteiger charge is -2.17. The average molecular weight is 418 g/mol. The summed E-state index contributed by atoms with van der Waals surface area (Å²) in [7, 11) is -3.09. The van der Waals surface area contributed by atoms with Crippen LogP contribution in [0.2, 0.25) is 0 Å². The van der Waals surface area contributed by atoms with E-state index in [2.05, 4.69) is 12.1 Å². The minimum absolute atomic E-state index is 0.0526. The van der Waals surface area contributed by atoms with Gasteiger partial charge in [-0.05, 0) is 49.3 Å². The number of hydrogen-bond donors (Lipinski definition) is 0. The molecule has 0 bridgehead atoms.